The van der Waals surface area contributed by atoms with Gasteiger partial charge in [-0.25, -0.2) is 14.6 Å². The van der Waals surface area contributed by atoms with E-state index >= 15 is 0 Å². The zero-order chi connectivity index (χ0) is 26.0. The molecular weight excluding hydrogens is 458 g/mol. The summed E-state index contributed by atoms with van der Waals surface area (Å²) in [5.74, 6) is 6.43. The number of anilines is 1. The van der Waals surface area contributed by atoms with Crippen LogP contribution in [-0.2, 0) is 4.79 Å². The van der Waals surface area contributed by atoms with E-state index in [0.29, 0.717) is 41.4 Å². The Morgan fingerprint density at radius 1 is 1.22 bits per heavy atom. The fourth-order valence-corrected chi connectivity index (χ4v) is 4.41. The number of aryl methyl sites for hydroxylation is 1. The molecule has 2 amide bonds. The van der Waals surface area contributed by atoms with Crippen LogP contribution in [0.3, 0.4) is 0 Å². The molecule has 0 radical (unpaired) electrons. The highest BCUT2D eigenvalue weighted by atomic mass is 16.3. The van der Waals surface area contributed by atoms with Crippen LogP contribution in [0.5, 0.6) is 0 Å². The average molecular weight is 490 g/mol. The van der Waals surface area contributed by atoms with Crippen LogP contribution in [0.25, 0.3) is 11.3 Å². The highest BCUT2D eigenvalue weighted by molar-refractivity contribution is 5.97. The van der Waals surface area contributed by atoms with Crippen molar-refractivity contribution in [1.82, 2.24) is 19.5 Å². The van der Waals surface area contributed by atoms with Crippen molar-refractivity contribution in [2.24, 2.45) is 5.73 Å². The summed E-state index contributed by atoms with van der Waals surface area (Å²) in [7, 11) is 0. The standard InChI is InChI=1S/C26H31N7O3/c1-15(2)13-21(34)32-12-4-5-19(32)25-31-22(23(24(27)35)33(25)28)17-6-8-18(9-7-17)26(36)30-20-14-16(3)10-11-29-20/h6-11,13-14,19,26,36H,4-5,12,28H2,1-3H3,(H2,27,35)(H,29,30)/t19-,26?/m0/s1. The lowest BCUT2D eigenvalue weighted by atomic mass is 10.1. The van der Waals surface area contributed by atoms with Gasteiger partial charge in [-0.2, -0.15) is 0 Å². The number of allylic oxidation sites excluding steroid dienone is 1. The summed E-state index contributed by atoms with van der Waals surface area (Å²) in [6, 6.07) is 10.3. The topological polar surface area (TPSA) is 152 Å². The van der Waals surface area contributed by atoms with E-state index in [-0.39, 0.29) is 17.6 Å². The van der Waals surface area contributed by atoms with E-state index in [1.807, 2.05) is 32.9 Å². The Morgan fingerprint density at radius 3 is 2.58 bits per heavy atom. The van der Waals surface area contributed by atoms with Gasteiger partial charge in [0.15, 0.2) is 17.7 Å². The van der Waals surface area contributed by atoms with Gasteiger partial charge in [-0.15, -0.1) is 0 Å². The van der Waals surface area contributed by atoms with Gasteiger partial charge in [0.2, 0.25) is 5.91 Å². The van der Waals surface area contributed by atoms with Crippen LogP contribution >= 0.6 is 0 Å². The van der Waals surface area contributed by atoms with Crippen LogP contribution in [0.15, 0.2) is 54.2 Å². The second kappa shape index (κ2) is 10.2. The molecule has 2 aromatic heterocycles. The van der Waals surface area contributed by atoms with E-state index in [2.05, 4.69) is 15.3 Å². The largest absolute Gasteiger partial charge is 0.369 e. The van der Waals surface area contributed by atoms with Gasteiger partial charge in [-0.05, 0) is 51.3 Å². The molecule has 1 saturated heterocycles. The summed E-state index contributed by atoms with van der Waals surface area (Å²) < 4.78 is 1.20. The van der Waals surface area contributed by atoms with Crippen molar-refractivity contribution in [3.05, 3.63) is 76.9 Å². The van der Waals surface area contributed by atoms with Crippen LogP contribution in [0.4, 0.5) is 5.82 Å². The molecule has 4 rings (SSSR count). The Hall–Kier alpha value is -4.18. The highest BCUT2D eigenvalue weighted by Gasteiger charge is 2.35. The van der Waals surface area contributed by atoms with Crippen molar-refractivity contribution in [3.8, 4) is 11.3 Å². The molecule has 36 heavy (non-hydrogen) atoms. The highest BCUT2D eigenvalue weighted by Crippen LogP contribution is 2.34. The van der Waals surface area contributed by atoms with Crippen molar-refractivity contribution < 1.29 is 14.7 Å². The molecule has 0 saturated carbocycles. The number of primary amides is 1. The number of aromatic nitrogens is 3. The van der Waals surface area contributed by atoms with E-state index in [0.717, 1.165) is 17.6 Å². The molecule has 0 bridgehead atoms. The van der Waals surface area contributed by atoms with Crippen LogP contribution in [0, 0.1) is 6.92 Å². The minimum Gasteiger partial charge on any atom is -0.369 e. The number of pyridine rings is 1. The summed E-state index contributed by atoms with van der Waals surface area (Å²) in [6.45, 7) is 6.25. The zero-order valence-electron chi connectivity index (χ0n) is 20.6. The maximum atomic E-state index is 12.7. The first-order valence-electron chi connectivity index (χ1n) is 11.8. The van der Waals surface area contributed by atoms with Crippen molar-refractivity contribution >= 4 is 17.6 Å². The molecule has 0 spiro atoms. The smallest absolute Gasteiger partial charge is 0.269 e. The van der Waals surface area contributed by atoms with E-state index in [4.69, 9.17) is 11.6 Å². The fraction of sp³-hybridized carbons (Fsp3) is 0.308. The van der Waals surface area contributed by atoms with Crippen molar-refractivity contribution in [1.29, 1.82) is 0 Å². The Balaban J connectivity index is 1.63. The number of carbonyl (C=O) groups is 2. The van der Waals surface area contributed by atoms with E-state index in [1.54, 1.807) is 41.4 Å². The maximum Gasteiger partial charge on any atom is 0.269 e. The monoisotopic (exact) mass is 489 g/mol. The number of hydrogen-bond donors (Lipinski definition) is 4. The third-order valence-electron chi connectivity index (χ3n) is 6.12. The van der Waals surface area contributed by atoms with Crippen molar-refractivity contribution in [3.63, 3.8) is 0 Å². The number of likely N-dealkylation sites (tertiary alicyclic amines) is 1. The first-order chi connectivity index (χ1) is 17.2. The number of hydrogen-bond acceptors (Lipinski definition) is 7. The molecular formula is C26H31N7O3. The minimum absolute atomic E-state index is 0.0573. The van der Waals surface area contributed by atoms with Gasteiger partial charge >= 0.3 is 0 Å². The van der Waals surface area contributed by atoms with Crippen LogP contribution < -0.4 is 16.9 Å². The number of nitrogen functional groups attached to an aromatic ring is 1. The Bertz CT molecular complexity index is 1310. The SMILES string of the molecule is CC(C)=CC(=O)N1CCC[C@H]1c1nc(-c2ccc(C(O)Nc3cc(C)ccn3)cc2)c(C(N)=O)n1N. The number of nitrogens with zero attached hydrogens (tertiary/aromatic N) is 4. The maximum absolute atomic E-state index is 12.7. The van der Waals surface area contributed by atoms with Gasteiger partial charge in [0.1, 0.15) is 11.5 Å². The Kier molecular flexibility index (Phi) is 7.07. The predicted octanol–water partition coefficient (Wildman–Crippen LogP) is 2.80. The van der Waals surface area contributed by atoms with Gasteiger partial charge < -0.3 is 26.9 Å². The Labute approximate surface area is 209 Å². The third kappa shape index (κ3) is 5.08. The predicted molar refractivity (Wildman–Crippen MR) is 137 cm³/mol. The molecule has 1 aliphatic rings. The molecule has 3 aromatic rings. The summed E-state index contributed by atoms with van der Waals surface area (Å²) in [4.78, 5) is 35.7. The molecule has 3 heterocycles. The minimum atomic E-state index is -0.986. The lowest BCUT2D eigenvalue weighted by molar-refractivity contribution is -0.127. The van der Waals surface area contributed by atoms with Crippen LogP contribution in [0.2, 0.25) is 0 Å². The molecule has 6 N–H and O–H groups in total. The molecule has 1 fully saturated rings. The molecule has 1 aliphatic heterocycles. The molecule has 10 nitrogen and oxygen atoms in total. The van der Waals surface area contributed by atoms with Crippen molar-refractivity contribution in [2.75, 3.05) is 17.7 Å². The molecule has 0 aliphatic carbocycles. The van der Waals surface area contributed by atoms with Gasteiger partial charge in [0.05, 0.1) is 6.04 Å². The number of carbonyl (C=O) groups excluding carboxylic acids is 2. The van der Waals surface area contributed by atoms with Crippen LogP contribution in [0.1, 0.15) is 66.4 Å². The number of imidazole rings is 1. The molecule has 188 valence electrons. The van der Waals surface area contributed by atoms with Gasteiger partial charge in [-0.1, -0.05) is 29.8 Å². The van der Waals surface area contributed by atoms with Gasteiger partial charge in [0, 0.05) is 29.9 Å². The van der Waals surface area contributed by atoms with E-state index in [1.165, 1.54) is 4.68 Å². The number of nitrogens with one attached hydrogen (secondary N) is 1. The summed E-state index contributed by atoms with van der Waals surface area (Å²) in [5.41, 5.74) is 9.19. The third-order valence-corrected chi connectivity index (χ3v) is 6.12. The number of aliphatic hydroxyl groups is 1. The quantitative estimate of drug-likeness (QED) is 0.226. The summed E-state index contributed by atoms with van der Waals surface area (Å²) in [6.07, 6.45) is 3.74. The van der Waals surface area contributed by atoms with Crippen molar-refractivity contribution in [2.45, 2.75) is 45.9 Å². The number of rotatable bonds is 7. The van der Waals surface area contributed by atoms with E-state index < -0.39 is 12.1 Å². The average Bonchev–Trinajstić information content (AvgIpc) is 3.43. The molecule has 2 atom stereocenters. The number of aliphatic hydroxyl groups excluding tert-OH is 1. The van der Waals surface area contributed by atoms with E-state index in [9.17, 15) is 14.7 Å². The number of nitrogens with two attached hydrogens (primary N) is 2. The molecule has 1 aromatic carbocycles. The fourth-order valence-electron chi connectivity index (χ4n) is 4.41. The lowest BCUT2D eigenvalue weighted by Crippen LogP contribution is -2.33. The first-order valence-corrected chi connectivity index (χ1v) is 11.8. The molecule has 10 heteroatoms. The summed E-state index contributed by atoms with van der Waals surface area (Å²) in [5, 5.41) is 13.6. The second-order valence-electron chi connectivity index (χ2n) is 9.20. The van der Waals surface area contributed by atoms with Gasteiger partial charge in [0.25, 0.3) is 5.91 Å². The Morgan fingerprint density at radius 2 is 1.94 bits per heavy atom. The van der Waals surface area contributed by atoms with Gasteiger partial charge in [-0.3, -0.25) is 9.59 Å². The number of benzene rings is 1. The lowest BCUT2D eigenvalue weighted by Gasteiger charge is -2.23. The van der Waals surface area contributed by atoms with Crippen LogP contribution in [-0.4, -0.2) is 43.0 Å². The second-order valence-corrected chi connectivity index (χ2v) is 9.20. The zero-order valence-corrected chi connectivity index (χ0v) is 20.6. The number of amides is 2. The normalized spacial score (nSPS) is 16.0. The molecule has 1 unspecified atom stereocenters. The summed E-state index contributed by atoms with van der Waals surface area (Å²) >= 11 is 0. The first kappa shape index (κ1) is 24.9.